The molecular weight excluding hydrogens is 332 g/mol. The second kappa shape index (κ2) is 4.60. The maximum Gasteiger partial charge on any atom is 0.123 e. The monoisotopic (exact) mass is 340 g/mol. The highest BCUT2D eigenvalue weighted by molar-refractivity contribution is 9.13. The topological polar surface area (TPSA) is 20.2 Å². The van der Waals surface area contributed by atoms with Gasteiger partial charge in [-0.05, 0) is 50.4 Å². The van der Waals surface area contributed by atoms with Crippen molar-refractivity contribution in [1.29, 1.82) is 0 Å². The van der Waals surface area contributed by atoms with Crippen LogP contribution in [0.3, 0.4) is 0 Å². The number of halogens is 2. The Morgan fingerprint density at radius 2 is 1.56 bits per heavy atom. The predicted molar refractivity (Wildman–Crippen MR) is 73.7 cm³/mol. The van der Waals surface area contributed by atoms with E-state index in [1.165, 1.54) is 0 Å². The highest BCUT2D eigenvalue weighted by Gasteiger charge is 2.10. The molecule has 0 heterocycles. The highest BCUT2D eigenvalue weighted by Crippen LogP contribution is 2.39. The van der Waals surface area contributed by atoms with Gasteiger partial charge >= 0.3 is 0 Å². The van der Waals surface area contributed by atoms with Crippen molar-refractivity contribution in [3.8, 4) is 16.9 Å². The summed E-state index contributed by atoms with van der Waals surface area (Å²) in [4.78, 5) is 0. The van der Waals surface area contributed by atoms with Crippen molar-refractivity contribution < 1.29 is 5.11 Å². The standard InChI is InChI=1S/C13H10Br2O/c1-8-6-7-10(13(15)12(8)14)9-4-2-3-5-11(9)16/h2-7,16H,1H3. The third kappa shape index (κ3) is 2.02. The summed E-state index contributed by atoms with van der Waals surface area (Å²) in [5.41, 5.74) is 2.97. The summed E-state index contributed by atoms with van der Waals surface area (Å²) in [5, 5.41) is 9.81. The minimum atomic E-state index is 0.291. The second-order valence-corrected chi connectivity index (χ2v) is 5.16. The van der Waals surface area contributed by atoms with Crippen LogP contribution in [0.4, 0.5) is 0 Å². The van der Waals surface area contributed by atoms with Crippen molar-refractivity contribution in [2.45, 2.75) is 6.92 Å². The summed E-state index contributed by atoms with van der Waals surface area (Å²) in [5.74, 6) is 0.291. The molecule has 0 aromatic heterocycles. The second-order valence-electron chi connectivity index (χ2n) is 3.58. The van der Waals surface area contributed by atoms with Crippen LogP contribution in [0, 0.1) is 6.92 Å². The van der Waals surface area contributed by atoms with Gasteiger partial charge in [0.25, 0.3) is 0 Å². The zero-order chi connectivity index (χ0) is 11.7. The highest BCUT2D eigenvalue weighted by atomic mass is 79.9. The zero-order valence-electron chi connectivity index (χ0n) is 8.67. The fraction of sp³-hybridized carbons (Fsp3) is 0.0769. The molecule has 0 radical (unpaired) electrons. The molecule has 0 aliphatic heterocycles. The number of phenolic OH excluding ortho intramolecular Hbond substituents is 1. The molecule has 0 unspecified atom stereocenters. The molecule has 0 atom stereocenters. The molecule has 1 nitrogen and oxygen atoms in total. The Morgan fingerprint density at radius 1 is 0.875 bits per heavy atom. The van der Waals surface area contributed by atoms with E-state index < -0.39 is 0 Å². The van der Waals surface area contributed by atoms with E-state index >= 15 is 0 Å². The van der Waals surface area contributed by atoms with Gasteiger partial charge in [0.15, 0.2) is 0 Å². The van der Waals surface area contributed by atoms with Crippen LogP contribution in [0.15, 0.2) is 45.3 Å². The minimum Gasteiger partial charge on any atom is -0.507 e. The SMILES string of the molecule is Cc1ccc(-c2ccccc2O)c(Br)c1Br. The summed E-state index contributed by atoms with van der Waals surface area (Å²) in [7, 11) is 0. The van der Waals surface area contributed by atoms with E-state index in [0.717, 1.165) is 25.6 Å². The largest absolute Gasteiger partial charge is 0.507 e. The summed E-state index contributed by atoms with van der Waals surface area (Å²) in [6.07, 6.45) is 0. The fourth-order valence-corrected chi connectivity index (χ4v) is 2.56. The molecule has 0 saturated carbocycles. The van der Waals surface area contributed by atoms with Gasteiger partial charge in [0.2, 0.25) is 0 Å². The van der Waals surface area contributed by atoms with Crippen molar-refractivity contribution >= 4 is 31.9 Å². The summed E-state index contributed by atoms with van der Waals surface area (Å²) in [6.45, 7) is 2.03. The maximum atomic E-state index is 9.81. The van der Waals surface area contributed by atoms with E-state index in [1.807, 2.05) is 37.3 Å². The molecule has 0 aliphatic rings. The molecule has 0 saturated heterocycles. The molecule has 2 rings (SSSR count). The normalized spacial score (nSPS) is 10.4. The lowest BCUT2D eigenvalue weighted by atomic mass is 10.0. The molecule has 3 heteroatoms. The Bertz CT molecular complexity index is 535. The first-order valence-electron chi connectivity index (χ1n) is 4.84. The van der Waals surface area contributed by atoms with Crippen molar-refractivity contribution in [2.24, 2.45) is 0 Å². The average Bonchev–Trinajstić information content (AvgIpc) is 2.28. The summed E-state index contributed by atoms with van der Waals surface area (Å²) in [6, 6.07) is 11.3. The van der Waals surface area contributed by atoms with Gasteiger partial charge < -0.3 is 5.11 Å². The van der Waals surface area contributed by atoms with Gasteiger partial charge in [0, 0.05) is 20.1 Å². The zero-order valence-corrected chi connectivity index (χ0v) is 11.8. The number of aryl methyl sites for hydroxylation is 1. The predicted octanol–water partition coefficient (Wildman–Crippen LogP) is 4.89. The lowest BCUT2D eigenvalue weighted by Crippen LogP contribution is -1.85. The van der Waals surface area contributed by atoms with E-state index in [4.69, 9.17) is 0 Å². The van der Waals surface area contributed by atoms with Gasteiger partial charge in [-0.3, -0.25) is 0 Å². The summed E-state index contributed by atoms with van der Waals surface area (Å²) < 4.78 is 1.99. The van der Waals surface area contributed by atoms with E-state index in [1.54, 1.807) is 6.07 Å². The number of para-hydroxylation sites is 1. The summed E-state index contributed by atoms with van der Waals surface area (Å²) >= 11 is 7.07. The lowest BCUT2D eigenvalue weighted by molar-refractivity contribution is 0.477. The average molecular weight is 342 g/mol. The molecule has 0 bridgehead atoms. The number of benzene rings is 2. The maximum absolute atomic E-state index is 9.81. The van der Waals surface area contributed by atoms with Gasteiger partial charge in [-0.2, -0.15) is 0 Å². The Balaban J connectivity index is 2.66. The molecule has 2 aromatic rings. The number of rotatable bonds is 1. The van der Waals surface area contributed by atoms with Crippen LogP contribution in [-0.4, -0.2) is 5.11 Å². The van der Waals surface area contributed by atoms with E-state index in [2.05, 4.69) is 31.9 Å². The van der Waals surface area contributed by atoms with Crippen LogP contribution in [0.2, 0.25) is 0 Å². The Morgan fingerprint density at radius 3 is 2.25 bits per heavy atom. The van der Waals surface area contributed by atoms with E-state index in [-0.39, 0.29) is 0 Å². The lowest BCUT2D eigenvalue weighted by Gasteiger charge is -2.10. The van der Waals surface area contributed by atoms with Gasteiger partial charge in [0.05, 0.1) is 0 Å². The number of hydrogen-bond donors (Lipinski definition) is 1. The number of hydrogen-bond acceptors (Lipinski definition) is 1. The first-order chi connectivity index (χ1) is 7.61. The molecule has 0 aliphatic carbocycles. The van der Waals surface area contributed by atoms with Crippen LogP contribution >= 0.6 is 31.9 Å². The van der Waals surface area contributed by atoms with E-state index in [9.17, 15) is 5.11 Å². The van der Waals surface area contributed by atoms with Crippen LogP contribution in [0.5, 0.6) is 5.75 Å². The Kier molecular flexibility index (Phi) is 3.36. The van der Waals surface area contributed by atoms with Crippen LogP contribution in [-0.2, 0) is 0 Å². The smallest absolute Gasteiger partial charge is 0.123 e. The van der Waals surface area contributed by atoms with Crippen LogP contribution in [0.1, 0.15) is 5.56 Å². The third-order valence-electron chi connectivity index (χ3n) is 2.47. The van der Waals surface area contributed by atoms with Gasteiger partial charge in [-0.15, -0.1) is 0 Å². The third-order valence-corrected chi connectivity index (χ3v) is 4.85. The molecule has 82 valence electrons. The Labute approximate surface area is 111 Å². The number of aromatic hydroxyl groups is 1. The molecule has 16 heavy (non-hydrogen) atoms. The molecule has 0 fully saturated rings. The first-order valence-corrected chi connectivity index (χ1v) is 6.43. The molecule has 0 spiro atoms. The van der Waals surface area contributed by atoms with Gasteiger partial charge in [-0.25, -0.2) is 0 Å². The first kappa shape index (κ1) is 11.7. The fourth-order valence-electron chi connectivity index (χ4n) is 1.56. The van der Waals surface area contributed by atoms with Crippen LogP contribution < -0.4 is 0 Å². The van der Waals surface area contributed by atoms with Crippen LogP contribution in [0.25, 0.3) is 11.1 Å². The van der Waals surface area contributed by atoms with Gasteiger partial charge in [-0.1, -0.05) is 30.3 Å². The van der Waals surface area contributed by atoms with E-state index in [0.29, 0.717) is 5.75 Å². The molecular formula is C13H10Br2O. The quantitative estimate of drug-likeness (QED) is 0.782. The van der Waals surface area contributed by atoms with Crippen molar-refractivity contribution in [3.05, 3.63) is 50.9 Å². The minimum absolute atomic E-state index is 0.291. The van der Waals surface area contributed by atoms with Crippen molar-refractivity contribution in [2.75, 3.05) is 0 Å². The van der Waals surface area contributed by atoms with Crippen molar-refractivity contribution in [3.63, 3.8) is 0 Å². The molecule has 0 amide bonds. The molecule has 2 aromatic carbocycles. The van der Waals surface area contributed by atoms with Crippen molar-refractivity contribution in [1.82, 2.24) is 0 Å². The number of phenols is 1. The molecule has 1 N–H and O–H groups in total. The van der Waals surface area contributed by atoms with Gasteiger partial charge in [0.1, 0.15) is 5.75 Å². The Hall–Kier alpha value is -0.800.